The second-order valence-electron chi connectivity index (χ2n) is 5.82. The van der Waals surface area contributed by atoms with E-state index in [-0.39, 0.29) is 11.8 Å². The molecule has 0 fully saturated rings. The van der Waals surface area contributed by atoms with Crippen molar-refractivity contribution in [3.05, 3.63) is 90.0 Å². The monoisotopic (exact) mass is 328 g/mol. The first-order valence-corrected chi connectivity index (χ1v) is 8.03. The van der Waals surface area contributed by atoms with Crippen molar-refractivity contribution in [2.45, 2.75) is 6.54 Å². The van der Waals surface area contributed by atoms with Gasteiger partial charge in [-0.3, -0.25) is 4.79 Å². The van der Waals surface area contributed by atoms with E-state index in [9.17, 15) is 9.90 Å². The van der Waals surface area contributed by atoms with Crippen LogP contribution in [0, 0.1) is 0 Å². The maximum absolute atomic E-state index is 12.7. The van der Waals surface area contributed by atoms with Crippen LogP contribution in [-0.2, 0) is 6.54 Å². The molecule has 4 rings (SSSR count). The van der Waals surface area contributed by atoms with Crippen LogP contribution in [0.5, 0.6) is 5.88 Å². The molecule has 2 heterocycles. The smallest absolute Gasteiger partial charge is 0.280 e. The normalized spacial score (nSPS) is 12.8. The Kier molecular flexibility index (Phi) is 3.58. The van der Waals surface area contributed by atoms with E-state index in [1.54, 1.807) is 10.6 Å². The Morgan fingerprint density at radius 1 is 0.960 bits per heavy atom. The van der Waals surface area contributed by atoms with Gasteiger partial charge < -0.3 is 9.67 Å². The van der Waals surface area contributed by atoms with E-state index in [0.717, 1.165) is 11.1 Å². The minimum absolute atomic E-state index is 0.0437. The highest BCUT2D eigenvalue weighted by molar-refractivity contribution is 6.30. The second kappa shape index (κ2) is 5.91. The van der Waals surface area contributed by atoms with Gasteiger partial charge in [0.15, 0.2) is 0 Å². The van der Waals surface area contributed by atoms with Crippen LogP contribution in [0.3, 0.4) is 0 Å². The quantitative estimate of drug-likeness (QED) is 0.735. The highest BCUT2D eigenvalue weighted by Crippen LogP contribution is 2.40. The fourth-order valence-corrected chi connectivity index (χ4v) is 3.26. The number of rotatable bonds is 4. The second-order valence-corrected chi connectivity index (χ2v) is 5.82. The lowest BCUT2D eigenvalue weighted by molar-refractivity contribution is 0.101. The van der Waals surface area contributed by atoms with Crippen LogP contribution in [0.15, 0.2) is 78.3 Å². The number of amides is 1. The molecule has 0 atom stereocenters. The van der Waals surface area contributed by atoms with Crippen molar-refractivity contribution in [1.29, 1.82) is 0 Å². The zero-order valence-corrected chi connectivity index (χ0v) is 13.5. The minimum Gasteiger partial charge on any atom is -0.494 e. The molecule has 0 saturated carbocycles. The first-order chi connectivity index (χ1) is 12.2. The van der Waals surface area contributed by atoms with Gasteiger partial charge in [0.25, 0.3) is 5.91 Å². The molecule has 25 heavy (non-hydrogen) atoms. The van der Waals surface area contributed by atoms with E-state index < -0.39 is 0 Å². The zero-order chi connectivity index (χ0) is 17.4. The van der Waals surface area contributed by atoms with Crippen LogP contribution in [0.4, 0.5) is 0 Å². The number of hydrogen-bond acceptors (Lipinski definition) is 2. The fraction of sp³-hybridized carbons (Fsp3) is 0.0476. The van der Waals surface area contributed by atoms with Gasteiger partial charge in [0.05, 0.1) is 22.5 Å². The molecule has 1 amide bonds. The van der Waals surface area contributed by atoms with Gasteiger partial charge in [-0.05, 0) is 5.56 Å². The summed E-state index contributed by atoms with van der Waals surface area (Å²) in [5.41, 5.74) is 3.80. The molecule has 4 nitrogen and oxygen atoms in total. The van der Waals surface area contributed by atoms with Crippen molar-refractivity contribution in [2.24, 2.45) is 4.99 Å². The first-order valence-electron chi connectivity index (χ1n) is 8.03. The lowest BCUT2D eigenvalue weighted by atomic mass is 10.0. The predicted molar refractivity (Wildman–Crippen MR) is 98.1 cm³/mol. The van der Waals surface area contributed by atoms with E-state index >= 15 is 0 Å². The van der Waals surface area contributed by atoms with E-state index in [0.29, 0.717) is 29.1 Å². The molecular weight excluding hydrogens is 312 g/mol. The molecule has 0 bridgehead atoms. The van der Waals surface area contributed by atoms with Gasteiger partial charge in [-0.25, -0.2) is 4.99 Å². The summed E-state index contributed by atoms with van der Waals surface area (Å²) in [6, 6.07) is 19.0. The third kappa shape index (κ3) is 2.31. The number of carbonyl (C=O) groups is 1. The van der Waals surface area contributed by atoms with Crippen LogP contribution in [0.25, 0.3) is 11.3 Å². The number of carbonyl (C=O) groups excluding carboxylic acids is 1. The van der Waals surface area contributed by atoms with Gasteiger partial charge in [-0.1, -0.05) is 66.7 Å². The van der Waals surface area contributed by atoms with Gasteiger partial charge in [0.2, 0.25) is 5.88 Å². The van der Waals surface area contributed by atoms with Gasteiger partial charge in [-0.15, -0.1) is 6.58 Å². The number of aromatic hydroxyl groups is 1. The number of benzene rings is 2. The summed E-state index contributed by atoms with van der Waals surface area (Å²) >= 11 is 0. The van der Waals surface area contributed by atoms with E-state index in [2.05, 4.69) is 11.6 Å². The van der Waals surface area contributed by atoms with E-state index in [4.69, 9.17) is 0 Å². The van der Waals surface area contributed by atoms with Crippen molar-refractivity contribution in [1.82, 2.24) is 4.57 Å². The number of allylic oxidation sites excluding steroid dienone is 1. The Bertz CT molecular complexity index is 999. The summed E-state index contributed by atoms with van der Waals surface area (Å²) in [6.45, 7) is 4.16. The molecular formula is C21H16N2O2. The molecule has 1 N–H and O–H groups in total. The molecule has 0 unspecified atom stereocenters. The maximum Gasteiger partial charge on any atom is 0.280 e. The summed E-state index contributed by atoms with van der Waals surface area (Å²) in [7, 11) is 0. The van der Waals surface area contributed by atoms with E-state index in [1.165, 1.54) is 0 Å². The van der Waals surface area contributed by atoms with Crippen LogP contribution < -0.4 is 0 Å². The molecule has 0 aliphatic carbocycles. The maximum atomic E-state index is 12.7. The minimum atomic E-state index is -0.328. The van der Waals surface area contributed by atoms with Crippen LogP contribution in [-0.4, -0.2) is 21.3 Å². The van der Waals surface area contributed by atoms with Crippen molar-refractivity contribution in [3.8, 4) is 17.1 Å². The molecule has 3 aromatic rings. The summed E-state index contributed by atoms with van der Waals surface area (Å²) in [4.78, 5) is 16.9. The lowest BCUT2D eigenvalue weighted by Crippen LogP contribution is -2.03. The molecule has 0 spiro atoms. The fourth-order valence-electron chi connectivity index (χ4n) is 3.26. The Balaban J connectivity index is 2.00. The lowest BCUT2D eigenvalue weighted by Gasteiger charge is -2.10. The third-order valence-corrected chi connectivity index (χ3v) is 4.31. The first kappa shape index (κ1) is 15.1. The van der Waals surface area contributed by atoms with Crippen molar-refractivity contribution in [2.75, 3.05) is 0 Å². The van der Waals surface area contributed by atoms with Crippen molar-refractivity contribution >= 4 is 11.6 Å². The molecule has 4 heteroatoms. The SMILES string of the molecule is C=CCn1c(O)c2c(c1-c1ccccc1)C(=O)N=C2c1ccccc1. The van der Waals surface area contributed by atoms with E-state index in [1.807, 2.05) is 60.7 Å². The van der Waals surface area contributed by atoms with Crippen LogP contribution in [0.2, 0.25) is 0 Å². The van der Waals surface area contributed by atoms with Gasteiger partial charge in [0.1, 0.15) is 0 Å². The molecule has 1 aliphatic heterocycles. The summed E-state index contributed by atoms with van der Waals surface area (Å²) in [5, 5.41) is 10.9. The van der Waals surface area contributed by atoms with Crippen molar-refractivity contribution < 1.29 is 9.90 Å². The summed E-state index contributed by atoms with van der Waals surface area (Å²) in [5.74, 6) is -0.284. The van der Waals surface area contributed by atoms with Gasteiger partial charge >= 0.3 is 0 Å². The number of fused-ring (bicyclic) bond motifs is 1. The average Bonchev–Trinajstić information content (AvgIpc) is 3.13. The average molecular weight is 328 g/mol. The number of aliphatic imine (C=N–C) groups is 1. The topological polar surface area (TPSA) is 54.6 Å². The Morgan fingerprint density at radius 2 is 1.56 bits per heavy atom. The Morgan fingerprint density at radius 3 is 2.16 bits per heavy atom. The number of aromatic nitrogens is 1. The van der Waals surface area contributed by atoms with Crippen molar-refractivity contribution in [3.63, 3.8) is 0 Å². The van der Waals surface area contributed by atoms with Crippen LogP contribution >= 0.6 is 0 Å². The molecule has 1 aromatic heterocycles. The van der Waals surface area contributed by atoms with Crippen LogP contribution in [0.1, 0.15) is 21.5 Å². The molecule has 0 radical (unpaired) electrons. The standard InChI is InChI=1S/C21H16N2O2/c1-2-13-23-19(15-11-7-4-8-12-15)17-16(21(23)25)18(22-20(17)24)14-9-5-3-6-10-14/h2-12,25H,1,13H2. The van der Waals surface area contributed by atoms with Gasteiger partial charge in [-0.2, -0.15) is 0 Å². The summed E-state index contributed by atoms with van der Waals surface area (Å²) < 4.78 is 1.71. The Hall–Kier alpha value is -3.40. The molecule has 1 aliphatic rings. The van der Waals surface area contributed by atoms with Gasteiger partial charge in [0, 0.05) is 12.1 Å². The molecule has 0 saturated heterocycles. The number of nitrogens with zero attached hydrogens (tertiary/aromatic N) is 2. The highest BCUT2D eigenvalue weighted by Gasteiger charge is 2.35. The summed E-state index contributed by atoms with van der Waals surface area (Å²) in [6.07, 6.45) is 1.70. The predicted octanol–water partition coefficient (Wildman–Crippen LogP) is 4.04. The highest BCUT2D eigenvalue weighted by atomic mass is 16.3. The molecule has 122 valence electrons. The largest absolute Gasteiger partial charge is 0.494 e. The number of hydrogen-bond donors (Lipinski definition) is 1. The third-order valence-electron chi connectivity index (χ3n) is 4.31. The zero-order valence-electron chi connectivity index (χ0n) is 13.5. The molecule has 2 aromatic carbocycles. The Labute approximate surface area is 145 Å².